The van der Waals surface area contributed by atoms with Gasteiger partial charge in [0.1, 0.15) is 0 Å². The number of imide groups is 1. The predicted molar refractivity (Wildman–Crippen MR) is 86.0 cm³/mol. The van der Waals surface area contributed by atoms with Crippen LogP contribution in [0, 0.1) is 18.8 Å². The summed E-state index contributed by atoms with van der Waals surface area (Å²) in [5.74, 6) is -0.480. The first-order valence-electron chi connectivity index (χ1n) is 7.19. The molecule has 1 heterocycles. The van der Waals surface area contributed by atoms with E-state index in [0.717, 1.165) is 10.0 Å². The van der Waals surface area contributed by atoms with Crippen LogP contribution in [0.3, 0.4) is 0 Å². The van der Waals surface area contributed by atoms with Gasteiger partial charge in [-0.15, -0.1) is 0 Å². The van der Waals surface area contributed by atoms with Crippen molar-refractivity contribution in [2.24, 2.45) is 11.8 Å². The summed E-state index contributed by atoms with van der Waals surface area (Å²) >= 11 is 3.48. The van der Waals surface area contributed by atoms with Crippen LogP contribution in [-0.4, -0.2) is 11.8 Å². The molecular formula is C17H18BrNO2. The van der Waals surface area contributed by atoms with Crippen molar-refractivity contribution in [2.75, 3.05) is 4.90 Å². The van der Waals surface area contributed by atoms with Gasteiger partial charge in [-0.25, -0.2) is 4.90 Å². The molecule has 21 heavy (non-hydrogen) atoms. The third kappa shape index (κ3) is 2.26. The van der Waals surface area contributed by atoms with Crippen molar-refractivity contribution >= 4 is 33.4 Å². The highest BCUT2D eigenvalue weighted by molar-refractivity contribution is 9.10. The van der Waals surface area contributed by atoms with Gasteiger partial charge in [-0.2, -0.15) is 0 Å². The Bertz CT molecular complexity index is 645. The SMILES string of the molecule is CC1=C(C)C[C@H]2C(=O)N(c3ccc(C)cc3Br)C(=O)[C@@H]2C1. The molecule has 0 radical (unpaired) electrons. The van der Waals surface area contributed by atoms with Gasteiger partial charge in [0, 0.05) is 4.47 Å². The van der Waals surface area contributed by atoms with Crippen LogP contribution in [0.4, 0.5) is 5.69 Å². The summed E-state index contributed by atoms with van der Waals surface area (Å²) in [6.07, 6.45) is 1.42. The highest BCUT2D eigenvalue weighted by Crippen LogP contribution is 2.43. The van der Waals surface area contributed by atoms with E-state index < -0.39 is 0 Å². The molecule has 0 spiro atoms. The number of benzene rings is 1. The summed E-state index contributed by atoms with van der Waals surface area (Å²) in [5, 5.41) is 0. The number of carbonyl (C=O) groups is 2. The molecule has 3 nitrogen and oxygen atoms in total. The van der Waals surface area contributed by atoms with Gasteiger partial charge in [0.05, 0.1) is 17.5 Å². The van der Waals surface area contributed by atoms with Gasteiger partial charge in [0.15, 0.2) is 0 Å². The summed E-state index contributed by atoms with van der Waals surface area (Å²) in [6, 6.07) is 5.71. The molecule has 0 saturated carbocycles. The molecule has 1 aromatic carbocycles. The van der Waals surface area contributed by atoms with Gasteiger partial charge >= 0.3 is 0 Å². The van der Waals surface area contributed by atoms with Crippen LogP contribution in [0.5, 0.6) is 0 Å². The zero-order chi connectivity index (χ0) is 15.3. The minimum atomic E-state index is -0.186. The molecule has 3 rings (SSSR count). The molecule has 2 atom stereocenters. The number of anilines is 1. The van der Waals surface area contributed by atoms with E-state index in [4.69, 9.17) is 0 Å². The highest BCUT2D eigenvalue weighted by Gasteiger charge is 2.49. The smallest absolute Gasteiger partial charge is 0.238 e. The average molecular weight is 348 g/mol. The molecule has 0 unspecified atom stereocenters. The van der Waals surface area contributed by atoms with E-state index >= 15 is 0 Å². The number of amides is 2. The predicted octanol–water partition coefficient (Wildman–Crippen LogP) is 3.99. The fourth-order valence-electron chi connectivity index (χ4n) is 3.28. The molecule has 4 heteroatoms. The summed E-state index contributed by atoms with van der Waals surface area (Å²) in [7, 11) is 0. The second-order valence-electron chi connectivity index (χ2n) is 6.15. The molecule has 1 aromatic rings. The molecule has 110 valence electrons. The molecule has 0 N–H and O–H groups in total. The van der Waals surface area contributed by atoms with Crippen molar-refractivity contribution in [2.45, 2.75) is 33.6 Å². The van der Waals surface area contributed by atoms with Crippen molar-refractivity contribution in [3.8, 4) is 0 Å². The Hall–Kier alpha value is -1.42. The lowest BCUT2D eigenvalue weighted by Crippen LogP contribution is -2.31. The van der Waals surface area contributed by atoms with E-state index in [1.165, 1.54) is 16.0 Å². The Morgan fingerprint density at radius 3 is 2.00 bits per heavy atom. The van der Waals surface area contributed by atoms with Crippen LogP contribution in [0.25, 0.3) is 0 Å². The second kappa shape index (κ2) is 5.09. The van der Waals surface area contributed by atoms with Gasteiger partial charge in [0.25, 0.3) is 0 Å². The maximum absolute atomic E-state index is 12.7. The van der Waals surface area contributed by atoms with Crippen molar-refractivity contribution < 1.29 is 9.59 Å². The van der Waals surface area contributed by atoms with Crippen LogP contribution in [0.1, 0.15) is 32.3 Å². The molecule has 1 aliphatic carbocycles. The topological polar surface area (TPSA) is 37.4 Å². The number of nitrogens with zero attached hydrogens (tertiary/aromatic N) is 1. The molecule has 0 aromatic heterocycles. The van der Waals surface area contributed by atoms with Crippen molar-refractivity contribution in [1.29, 1.82) is 0 Å². The number of rotatable bonds is 1. The molecular weight excluding hydrogens is 330 g/mol. The first-order valence-corrected chi connectivity index (χ1v) is 7.98. The summed E-state index contributed by atoms with van der Waals surface area (Å²) in [4.78, 5) is 26.8. The number of hydrogen-bond acceptors (Lipinski definition) is 2. The van der Waals surface area contributed by atoms with E-state index in [-0.39, 0.29) is 23.7 Å². The number of aryl methyl sites for hydroxylation is 1. The zero-order valence-electron chi connectivity index (χ0n) is 12.4. The Morgan fingerprint density at radius 2 is 1.52 bits per heavy atom. The molecule has 2 amide bonds. The molecule has 1 saturated heterocycles. The van der Waals surface area contributed by atoms with Crippen LogP contribution in [0.2, 0.25) is 0 Å². The summed E-state index contributed by atoms with van der Waals surface area (Å²) in [6.45, 7) is 6.11. The van der Waals surface area contributed by atoms with E-state index in [0.29, 0.717) is 18.5 Å². The Kier molecular flexibility index (Phi) is 3.52. The van der Waals surface area contributed by atoms with Crippen molar-refractivity contribution in [3.63, 3.8) is 0 Å². The van der Waals surface area contributed by atoms with Crippen LogP contribution >= 0.6 is 15.9 Å². The molecule has 1 aliphatic heterocycles. The van der Waals surface area contributed by atoms with Gasteiger partial charge in [-0.3, -0.25) is 9.59 Å². The van der Waals surface area contributed by atoms with Gasteiger partial charge < -0.3 is 0 Å². The maximum Gasteiger partial charge on any atom is 0.238 e. The molecule has 2 aliphatic rings. The lowest BCUT2D eigenvalue weighted by atomic mass is 9.78. The number of fused-ring (bicyclic) bond motifs is 1. The standard InChI is InChI=1S/C17H18BrNO2/c1-9-4-5-15(14(18)6-9)19-16(20)12-7-10(2)11(3)8-13(12)17(19)21/h4-6,12-13H,7-8H2,1-3H3/t12-,13-/m1/s1. The molecule has 0 bridgehead atoms. The summed E-state index contributed by atoms with van der Waals surface area (Å²) in [5.41, 5.74) is 4.26. The average Bonchev–Trinajstić information content (AvgIpc) is 2.64. The minimum Gasteiger partial charge on any atom is -0.274 e. The monoisotopic (exact) mass is 347 g/mol. The van der Waals surface area contributed by atoms with Crippen LogP contribution < -0.4 is 4.90 Å². The highest BCUT2D eigenvalue weighted by atomic mass is 79.9. The van der Waals surface area contributed by atoms with Crippen LogP contribution in [0.15, 0.2) is 33.8 Å². The number of hydrogen-bond donors (Lipinski definition) is 0. The third-order valence-corrected chi connectivity index (χ3v) is 5.32. The van der Waals surface area contributed by atoms with Gasteiger partial charge in [0.2, 0.25) is 11.8 Å². The van der Waals surface area contributed by atoms with Crippen molar-refractivity contribution in [1.82, 2.24) is 0 Å². The zero-order valence-corrected chi connectivity index (χ0v) is 14.0. The maximum atomic E-state index is 12.7. The van der Waals surface area contributed by atoms with Crippen LogP contribution in [-0.2, 0) is 9.59 Å². The number of halogens is 1. The summed E-state index contributed by atoms with van der Waals surface area (Å²) < 4.78 is 0.796. The quantitative estimate of drug-likeness (QED) is 0.568. The fraction of sp³-hybridized carbons (Fsp3) is 0.412. The Balaban J connectivity index is 2.00. The fourth-order valence-corrected chi connectivity index (χ4v) is 3.95. The second-order valence-corrected chi connectivity index (χ2v) is 7.00. The van der Waals surface area contributed by atoms with Gasteiger partial charge in [-0.1, -0.05) is 17.2 Å². The van der Waals surface area contributed by atoms with E-state index in [2.05, 4.69) is 29.8 Å². The minimum absolute atomic E-state index is 0.0543. The normalized spacial score (nSPS) is 25.6. The van der Waals surface area contributed by atoms with E-state index in [1.807, 2.05) is 25.1 Å². The van der Waals surface area contributed by atoms with E-state index in [9.17, 15) is 9.59 Å². The third-order valence-electron chi connectivity index (χ3n) is 4.69. The Morgan fingerprint density at radius 1 is 1.00 bits per heavy atom. The number of allylic oxidation sites excluding steroid dienone is 2. The lowest BCUT2D eigenvalue weighted by Gasteiger charge is -2.23. The number of carbonyl (C=O) groups excluding carboxylic acids is 2. The Labute approximate surface area is 133 Å². The largest absolute Gasteiger partial charge is 0.274 e. The first kappa shape index (κ1) is 14.5. The first-order chi connectivity index (χ1) is 9.90. The van der Waals surface area contributed by atoms with Crippen molar-refractivity contribution in [3.05, 3.63) is 39.4 Å². The van der Waals surface area contributed by atoms with Gasteiger partial charge in [-0.05, 0) is 67.2 Å². The molecule has 1 fully saturated rings. The van der Waals surface area contributed by atoms with E-state index in [1.54, 1.807) is 0 Å². The lowest BCUT2D eigenvalue weighted by molar-refractivity contribution is -0.122.